The number of anilines is 1. The SMILES string of the molecule is Cc1cccc2c(C3c4ccccc4N=C(c4ccc(C(C)C)cc4)N3c3ccccc3)c[nH]c12. The Kier molecular flexibility index (Phi) is 5.26. The molecular weight excluding hydrogens is 426 g/mol. The highest BCUT2D eigenvalue weighted by molar-refractivity contribution is 6.13. The number of amidine groups is 1. The maximum absolute atomic E-state index is 5.24. The molecule has 3 heteroatoms. The molecule has 0 fully saturated rings. The number of hydrogen-bond acceptors (Lipinski definition) is 2. The number of fused-ring (bicyclic) bond motifs is 2. The van der Waals surface area contributed by atoms with Crippen molar-refractivity contribution in [3.63, 3.8) is 0 Å². The van der Waals surface area contributed by atoms with Gasteiger partial charge in [0.15, 0.2) is 0 Å². The van der Waals surface area contributed by atoms with Crippen LogP contribution in [0.4, 0.5) is 11.4 Å². The Labute approximate surface area is 206 Å². The summed E-state index contributed by atoms with van der Waals surface area (Å²) in [5.41, 5.74) is 9.51. The second kappa shape index (κ2) is 8.59. The molecule has 0 aliphatic carbocycles. The van der Waals surface area contributed by atoms with Crippen molar-refractivity contribution in [2.45, 2.75) is 32.7 Å². The Bertz CT molecular complexity index is 1520. The van der Waals surface area contributed by atoms with Gasteiger partial charge in [-0.1, -0.05) is 92.7 Å². The molecular formula is C32H29N3. The molecule has 2 heterocycles. The Hall–Kier alpha value is -4.11. The summed E-state index contributed by atoms with van der Waals surface area (Å²) in [4.78, 5) is 11.2. The third-order valence-corrected chi connectivity index (χ3v) is 7.06. The van der Waals surface area contributed by atoms with E-state index in [2.05, 4.69) is 134 Å². The molecule has 0 saturated heterocycles. The van der Waals surface area contributed by atoms with Gasteiger partial charge in [-0.25, -0.2) is 4.99 Å². The summed E-state index contributed by atoms with van der Waals surface area (Å²) in [6.07, 6.45) is 2.18. The highest BCUT2D eigenvalue weighted by atomic mass is 15.2. The van der Waals surface area contributed by atoms with Gasteiger partial charge in [-0.2, -0.15) is 0 Å². The number of rotatable bonds is 4. The lowest BCUT2D eigenvalue weighted by atomic mass is 9.91. The zero-order chi connectivity index (χ0) is 23.9. The predicted octanol–water partition coefficient (Wildman–Crippen LogP) is 8.29. The minimum atomic E-state index is -0.0126. The summed E-state index contributed by atoms with van der Waals surface area (Å²) in [7, 11) is 0. The largest absolute Gasteiger partial charge is 0.361 e. The molecule has 0 radical (unpaired) electrons. The normalized spacial score (nSPS) is 15.4. The van der Waals surface area contributed by atoms with Crippen LogP contribution in [0.15, 0.2) is 108 Å². The van der Waals surface area contributed by atoms with Gasteiger partial charge in [0, 0.05) is 39.5 Å². The van der Waals surface area contributed by atoms with Gasteiger partial charge in [-0.05, 0) is 42.2 Å². The Balaban J connectivity index is 1.62. The molecule has 5 aromatic rings. The van der Waals surface area contributed by atoms with Crippen LogP contribution in [0.3, 0.4) is 0 Å². The number of nitrogens with one attached hydrogen (secondary N) is 1. The fraction of sp³-hybridized carbons (Fsp3) is 0.156. The van der Waals surface area contributed by atoms with E-state index < -0.39 is 0 Å². The molecule has 1 aromatic heterocycles. The van der Waals surface area contributed by atoms with Gasteiger partial charge in [0.05, 0.1) is 11.7 Å². The molecule has 1 unspecified atom stereocenters. The summed E-state index contributed by atoms with van der Waals surface area (Å²) in [5.74, 6) is 1.46. The number of benzene rings is 4. The van der Waals surface area contributed by atoms with Crippen molar-refractivity contribution in [3.05, 3.63) is 131 Å². The van der Waals surface area contributed by atoms with Gasteiger partial charge in [0.2, 0.25) is 0 Å². The maximum Gasteiger partial charge on any atom is 0.141 e. The van der Waals surface area contributed by atoms with Crippen LogP contribution in [0.5, 0.6) is 0 Å². The first-order chi connectivity index (χ1) is 17.1. The van der Waals surface area contributed by atoms with E-state index in [1.165, 1.54) is 33.2 Å². The van der Waals surface area contributed by atoms with Crippen LogP contribution in [0.1, 0.15) is 53.6 Å². The molecule has 1 aliphatic heterocycles. The van der Waals surface area contributed by atoms with Crippen LogP contribution in [0.25, 0.3) is 10.9 Å². The van der Waals surface area contributed by atoms with Gasteiger partial charge in [-0.3, -0.25) is 0 Å². The number of aliphatic imine (C=N–C) groups is 1. The van der Waals surface area contributed by atoms with E-state index in [1.54, 1.807) is 0 Å². The van der Waals surface area contributed by atoms with E-state index in [1.807, 2.05) is 0 Å². The maximum atomic E-state index is 5.24. The van der Waals surface area contributed by atoms with E-state index in [0.717, 1.165) is 22.8 Å². The van der Waals surface area contributed by atoms with Gasteiger partial charge in [0.25, 0.3) is 0 Å². The van der Waals surface area contributed by atoms with Crippen molar-refractivity contribution in [3.8, 4) is 0 Å². The summed E-state index contributed by atoms with van der Waals surface area (Å²) >= 11 is 0. The first kappa shape index (κ1) is 21.4. The fourth-order valence-corrected chi connectivity index (χ4v) is 5.19. The molecule has 1 aliphatic rings. The van der Waals surface area contributed by atoms with Crippen molar-refractivity contribution in [1.29, 1.82) is 0 Å². The minimum Gasteiger partial charge on any atom is -0.361 e. The second-order valence-electron chi connectivity index (χ2n) is 9.62. The van der Waals surface area contributed by atoms with Crippen molar-refractivity contribution in [2.24, 2.45) is 4.99 Å². The van der Waals surface area contributed by atoms with E-state index in [4.69, 9.17) is 4.99 Å². The molecule has 1 N–H and O–H groups in total. The Morgan fingerprint density at radius 3 is 2.29 bits per heavy atom. The van der Waals surface area contributed by atoms with Crippen molar-refractivity contribution in [1.82, 2.24) is 4.98 Å². The number of aryl methyl sites for hydroxylation is 1. The van der Waals surface area contributed by atoms with Gasteiger partial charge in [-0.15, -0.1) is 0 Å². The number of para-hydroxylation sites is 3. The quantitative estimate of drug-likeness (QED) is 0.290. The monoisotopic (exact) mass is 455 g/mol. The lowest BCUT2D eigenvalue weighted by Crippen LogP contribution is -2.38. The van der Waals surface area contributed by atoms with Crippen LogP contribution in [0.2, 0.25) is 0 Å². The summed E-state index contributed by atoms with van der Waals surface area (Å²) in [6, 6.07) is 34.6. The van der Waals surface area contributed by atoms with E-state index in [0.29, 0.717) is 5.92 Å². The third kappa shape index (κ3) is 3.64. The molecule has 0 spiro atoms. The molecule has 0 bridgehead atoms. The molecule has 0 amide bonds. The zero-order valence-electron chi connectivity index (χ0n) is 20.4. The smallest absolute Gasteiger partial charge is 0.141 e. The molecule has 172 valence electrons. The molecule has 0 saturated carbocycles. The highest BCUT2D eigenvalue weighted by Gasteiger charge is 2.34. The van der Waals surface area contributed by atoms with Gasteiger partial charge >= 0.3 is 0 Å². The Morgan fingerprint density at radius 2 is 1.51 bits per heavy atom. The fourth-order valence-electron chi connectivity index (χ4n) is 5.19. The molecule has 6 rings (SSSR count). The molecule has 3 nitrogen and oxygen atoms in total. The molecule has 4 aromatic carbocycles. The standard InChI is InChI=1S/C32H29N3/c1-21(2)23-16-18-24(19-17-23)32-34-29-15-8-7-13-27(29)31(35(32)25-11-5-4-6-12-25)28-20-33-30-22(3)10-9-14-26(28)30/h4-21,31,33H,1-3H3. The van der Waals surface area contributed by atoms with Crippen LogP contribution < -0.4 is 4.90 Å². The summed E-state index contributed by atoms with van der Waals surface area (Å²) in [6.45, 7) is 6.62. The van der Waals surface area contributed by atoms with Crippen LogP contribution >= 0.6 is 0 Å². The van der Waals surface area contributed by atoms with E-state index >= 15 is 0 Å². The Morgan fingerprint density at radius 1 is 0.771 bits per heavy atom. The van der Waals surface area contributed by atoms with Crippen molar-refractivity contribution in [2.75, 3.05) is 4.90 Å². The van der Waals surface area contributed by atoms with Crippen molar-refractivity contribution >= 4 is 28.1 Å². The van der Waals surface area contributed by atoms with Gasteiger partial charge in [0.1, 0.15) is 5.84 Å². The summed E-state index contributed by atoms with van der Waals surface area (Å²) < 4.78 is 0. The zero-order valence-corrected chi connectivity index (χ0v) is 20.4. The third-order valence-electron chi connectivity index (χ3n) is 7.06. The minimum absolute atomic E-state index is 0.0126. The van der Waals surface area contributed by atoms with Gasteiger partial charge < -0.3 is 9.88 Å². The first-order valence-electron chi connectivity index (χ1n) is 12.3. The first-order valence-corrected chi connectivity index (χ1v) is 12.3. The topological polar surface area (TPSA) is 31.4 Å². The summed E-state index contributed by atoms with van der Waals surface area (Å²) in [5, 5.41) is 1.25. The highest BCUT2D eigenvalue weighted by Crippen LogP contribution is 2.44. The number of hydrogen-bond donors (Lipinski definition) is 1. The number of H-pyrrole nitrogens is 1. The predicted molar refractivity (Wildman–Crippen MR) is 147 cm³/mol. The van der Waals surface area contributed by atoms with Crippen LogP contribution in [0, 0.1) is 6.92 Å². The van der Waals surface area contributed by atoms with Crippen LogP contribution in [-0.2, 0) is 0 Å². The van der Waals surface area contributed by atoms with Crippen LogP contribution in [-0.4, -0.2) is 10.8 Å². The van der Waals surface area contributed by atoms with Crippen molar-refractivity contribution < 1.29 is 0 Å². The average Bonchev–Trinajstić information content (AvgIpc) is 3.33. The van der Waals surface area contributed by atoms with E-state index in [-0.39, 0.29) is 6.04 Å². The lowest BCUT2D eigenvalue weighted by Gasteiger charge is -2.38. The number of aromatic amines is 1. The second-order valence-corrected chi connectivity index (χ2v) is 9.62. The number of aromatic nitrogens is 1. The van der Waals surface area contributed by atoms with E-state index in [9.17, 15) is 0 Å². The molecule has 35 heavy (non-hydrogen) atoms. The lowest BCUT2D eigenvalue weighted by molar-refractivity contribution is 0.831. The molecule has 1 atom stereocenters. The number of nitrogens with zero attached hydrogens (tertiary/aromatic N) is 2. The average molecular weight is 456 g/mol.